The first kappa shape index (κ1) is 12.1. The van der Waals surface area contributed by atoms with Crippen LogP contribution in [-0.4, -0.2) is 25.2 Å². The zero-order valence-electron chi connectivity index (χ0n) is 9.46. The van der Waals surface area contributed by atoms with E-state index in [4.69, 9.17) is 5.11 Å². The molecule has 1 aliphatic heterocycles. The maximum absolute atomic E-state index is 11.9. The van der Waals surface area contributed by atoms with Crippen LogP contribution in [0.5, 0.6) is 0 Å². The normalized spacial score (nSPS) is 23.0. The van der Waals surface area contributed by atoms with Crippen molar-refractivity contribution in [1.29, 1.82) is 0 Å². The lowest BCUT2D eigenvalue weighted by Crippen LogP contribution is -2.22. The fraction of sp³-hybridized carbons (Fsp3) is 0.417. The fourth-order valence-electron chi connectivity index (χ4n) is 2.45. The fourth-order valence-corrected chi connectivity index (χ4v) is 4.38. The first-order chi connectivity index (χ1) is 7.97. The van der Waals surface area contributed by atoms with E-state index in [2.05, 4.69) is 0 Å². The van der Waals surface area contributed by atoms with E-state index in [0.29, 0.717) is 16.9 Å². The number of carbonyl (C=O) groups is 1. The summed E-state index contributed by atoms with van der Waals surface area (Å²) in [5.74, 6) is -2.06. The lowest BCUT2D eigenvalue weighted by molar-refractivity contribution is -0.142. The molecule has 1 aromatic carbocycles. The van der Waals surface area contributed by atoms with Gasteiger partial charge in [-0.1, -0.05) is 25.1 Å². The van der Waals surface area contributed by atoms with E-state index >= 15 is 0 Å². The average molecular weight is 254 g/mol. The molecule has 1 aromatic rings. The van der Waals surface area contributed by atoms with Crippen LogP contribution in [-0.2, 0) is 14.6 Å². The molecule has 0 saturated heterocycles. The van der Waals surface area contributed by atoms with E-state index in [0.717, 1.165) is 0 Å². The van der Waals surface area contributed by atoms with E-state index in [1.807, 2.05) is 0 Å². The van der Waals surface area contributed by atoms with Crippen molar-refractivity contribution in [3.05, 3.63) is 29.8 Å². The van der Waals surface area contributed by atoms with Crippen LogP contribution >= 0.6 is 0 Å². The van der Waals surface area contributed by atoms with E-state index in [1.165, 1.54) is 0 Å². The molecule has 0 spiro atoms. The molecule has 0 saturated carbocycles. The summed E-state index contributed by atoms with van der Waals surface area (Å²) >= 11 is 0. The van der Waals surface area contributed by atoms with Crippen LogP contribution in [0.4, 0.5) is 0 Å². The Labute approximate surface area is 100 Å². The van der Waals surface area contributed by atoms with Gasteiger partial charge in [-0.15, -0.1) is 0 Å². The molecule has 0 amide bonds. The van der Waals surface area contributed by atoms with Crippen molar-refractivity contribution >= 4 is 15.8 Å². The molecule has 1 aliphatic rings. The van der Waals surface area contributed by atoms with Crippen LogP contribution in [0.15, 0.2) is 29.2 Å². The van der Waals surface area contributed by atoms with Gasteiger partial charge in [-0.25, -0.2) is 8.42 Å². The summed E-state index contributed by atoms with van der Waals surface area (Å²) in [5.41, 5.74) is 0.654. The minimum atomic E-state index is -3.31. The van der Waals surface area contributed by atoms with Gasteiger partial charge in [0.05, 0.1) is 16.6 Å². The molecule has 2 unspecified atom stereocenters. The van der Waals surface area contributed by atoms with Crippen molar-refractivity contribution in [3.63, 3.8) is 0 Å². The Morgan fingerprint density at radius 1 is 1.47 bits per heavy atom. The minimum Gasteiger partial charge on any atom is -0.481 e. The average Bonchev–Trinajstić information content (AvgIpc) is 2.53. The highest BCUT2D eigenvalue weighted by molar-refractivity contribution is 7.91. The predicted molar refractivity (Wildman–Crippen MR) is 62.7 cm³/mol. The number of hydrogen-bond donors (Lipinski definition) is 1. The van der Waals surface area contributed by atoms with Crippen LogP contribution in [0.1, 0.15) is 24.8 Å². The third kappa shape index (κ3) is 1.95. The second-order valence-corrected chi connectivity index (χ2v) is 6.28. The Morgan fingerprint density at radius 3 is 2.71 bits per heavy atom. The highest BCUT2D eigenvalue weighted by Gasteiger charge is 2.40. The van der Waals surface area contributed by atoms with Crippen molar-refractivity contribution in [2.24, 2.45) is 5.92 Å². The maximum atomic E-state index is 11.9. The number of aliphatic carboxylic acids is 1. The minimum absolute atomic E-state index is 0.0862. The largest absolute Gasteiger partial charge is 0.481 e. The summed E-state index contributed by atoms with van der Waals surface area (Å²) in [6, 6.07) is 6.69. The Bertz CT molecular complexity index is 547. The van der Waals surface area contributed by atoms with E-state index in [1.54, 1.807) is 31.2 Å². The smallest absolute Gasteiger partial charge is 0.307 e. The van der Waals surface area contributed by atoms with Crippen molar-refractivity contribution in [2.45, 2.75) is 24.2 Å². The molecule has 0 fully saturated rings. The van der Waals surface area contributed by atoms with Crippen LogP contribution in [0, 0.1) is 5.92 Å². The summed E-state index contributed by atoms with van der Waals surface area (Å²) in [6.45, 7) is 1.77. The number of sulfone groups is 1. The van der Waals surface area contributed by atoms with Crippen LogP contribution in [0.3, 0.4) is 0 Å². The summed E-state index contributed by atoms with van der Waals surface area (Å²) in [6.07, 6.45) is 0.434. The Balaban J connectivity index is 2.51. The number of benzene rings is 1. The van der Waals surface area contributed by atoms with Gasteiger partial charge in [-0.2, -0.15) is 0 Å². The molecular weight excluding hydrogens is 240 g/mol. The van der Waals surface area contributed by atoms with E-state index < -0.39 is 27.6 Å². The molecule has 2 rings (SSSR count). The monoisotopic (exact) mass is 254 g/mol. The van der Waals surface area contributed by atoms with E-state index in [9.17, 15) is 13.2 Å². The molecule has 92 valence electrons. The number of fused-ring (bicyclic) bond motifs is 1. The number of carboxylic acids is 1. The van der Waals surface area contributed by atoms with Gasteiger partial charge in [-0.3, -0.25) is 4.79 Å². The molecular formula is C12H14O4S. The van der Waals surface area contributed by atoms with Gasteiger partial charge in [0.25, 0.3) is 0 Å². The maximum Gasteiger partial charge on any atom is 0.307 e. The zero-order chi connectivity index (χ0) is 12.6. The molecule has 0 radical (unpaired) electrons. The topological polar surface area (TPSA) is 71.4 Å². The third-order valence-electron chi connectivity index (χ3n) is 3.30. The first-order valence-corrected chi connectivity index (χ1v) is 7.17. The van der Waals surface area contributed by atoms with Crippen molar-refractivity contribution in [1.82, 2.24) is 0 Å². The SMILES string of the molecule is CCC(C(=O)O)C1CS(=O)(=O)c2ccccc21. The summed E-state index contributed by atoms with van der Waals surface area (Å²) < 4.78 is 23.8. The van der Waals surface area contributed by atoms with Gasteiger partial charge >= 0.3 is 5.97 Å². The molecule has 5 heteroatoms. The number of hydrogen-bond acceptors (Lipinski definition) is 3. The van der Waals surface area contributed by atoms with Crippen molar-refractivity contribution in [2.75, 3.05) is 5.75 Å². The molecule has 0 bridgehead atoms. The Morgan fingerprint density at radius 2 is 2.12 bits per heavy atom. The van der Waals surface area contributed by atoms with Gasteiger partial charge in [0.2, 0.25) is 0 Å². The zero-order valence-corrected chi connectivity index (χ0v) is 10.3. The predicted octanol–water partition coefficient (Wildman–Crippen LogP) is 1.67. The summed E-state index contributed by atoms with van der Waals surface area (Å²) in [4.78, 5) is 11.4. The second kappa shape index (κ2) is 4.14. The quantitative estimate of drug-likeness (QED) is 0.890. The Kier molecular flexibility index (Phi) is 2.95. The number of rotatable bonds is 3. The molecule has 4 nitrogen and oxygen atoms in total. The van der Waals surface area contributed by atoms with Crippen LogP contribution in [0.25, 0.3) is 0 Å². The molecule has 2 atom stereocenters. The molecule has 0 aromatic heterocycles. The van der Waals surface area contributed by atoms with Crippen molar-refractivity contribution in [3.8, 4) is 0 Å². The number of carboxylic acid groups (broad SMARTS) is 1. The Hall–Kier alpha value is -1.36. The summed E-state index contributed by atoms with van der Waals surface area (Å²) in [5, 5.41) is 9.13. The molecule has 0 aliphatic carbocycles. The third-order valence-corrected chi connectivity index (χ3v) is 5.14. The molecule has 1 N–H and O–H groups in total. The van der Waals surface area contributed by atoms with Gasteiger partial charge in [0.1, 0.15) is 0 Å². The molecule has 17 heavy (non-hydrogen) atoms. The standard InChI is InChI=1S/C12H14O4S/c1-2-8(12(13)14)10-7-17(15,16)11-6-4-3-5-9(10)11/h3-6,8,10H,2,7H2,1H3,(H,13,14). The molecule has 1 heterocycles. The first-order valence-electron chi connectivity index (χ1n) is 5.52. The van der Waals surface area contributed by atoms with E-state index in [-0.39, 0.29) is 5.75 Å². The highest BCUT2D eigenvalue weighted by atomic mass is 32.2. The lowest BCUT2D eigenvalue weighted by Gasteiger charge is -2.17. The van der Waals surface area contributed by atoms with Gasteiger partial charge in [0.15, 0.2) is 9.84 Å². The van der Waals surface area contributed by atoms with Gasteiger partial charge < -0.3 is 5.11 Å². The van der Waals surface area contributed by atoms with Crippen molar-refractivity contribution < 1.29 is 18.3 Å². The van der Waals surface area contributed by atoms with Crippen LogP contribution in [0.2, 0.25) is 0 Å². The summed E-state index contributed by atoms with van der Waals surface area (Å²) in [7, 11) is -3.31. The lowest BCUT2D eigenvalue weighted by atomic mass is 9.86. The second-order valence-electron chi connectivity index (χ2n) is 4.28. The van der Waals surface area contributed by atoms with Gasteiger partial charge in [-0.05, 0) is 18.1 Å². The van der Waals surface area contributed by atoms with Crippen LogP contribution < -0.4 is 0 Å². The highest BCUT2D eigenvalue weighted by Crippen LogP contribution is 2.40. The van der Waals surface area contributed by atoms with Gasteiger partial charge in [0, 0.05) is 5.92 Å².